The summed E-state index contributed by atoms with van der Waals surface area (Å²) in [4.78, 5) is 4.70. The molecule has 0 fully saturated rings. The third-order valence-electron chi connectivity index (χ3n) is 3.61. The predicted octanol–water partition coefficient (Wildman–Crippen LogP) is 3.96. The molecule has 3 heteroatoms. The Morgan fingerprint density at radius 2 is 1.95 bits per heavy atom. The number of aromatic nitrogens is 1. The van der Waals surface area contributed by atoms with Gasteiger partial charge in [0.25, 0.3) is 0 Å². The number of fused-ring (bicyclic) bond motifs is 1. The van der Waals surface area contributed by atoms with Crippen molar-refractivity contribution in [1.29, 1.82) is 0 Å². The smallest absolute Gasteiger partial charge is 0.126 e. The maximum atomic E-state index is 6.08. The van der Waals surface area contributed by atoms with Gasteiger partial charge < -0.3 is 5.32 Å². The Bertz CT molecular complexity index is 554. The van der Waals surface area contributed by atoms with Crippen LogP contribution >= 0.6 is 11.6 Å². The van der Waals surface area contributed by atoms with Gasteiger partial charge in [-0.2, -0.15) is 0 Å². The van der Waals surface area contributed by atoms with Crippen molar-refractivity contribution in [2.45, 2.75) is 25.3 Å². The second-order valence-electron chi connectivity index (χ2n) is 4.92. The number of rotatable bonds is 4. The van der Waals surface area contributed by atoms with Crippen molar-refractivity contribution in [1.82, 2.24) is 4.98 Å². The minimum Gasteiger partial charge on any atom is -0.362 e. The number of halogens is 1. The molecule has 1 aromatic heterocycles. The lowest BCUT2D eigenvalue weighted by Crippen LogP contribution is -2.13. The second-order valence-corrected chi connectivity index (χ2v) is 5.23. The maximum Gasteiger partial charge on any atom is 0.126 e. The van der Waals surface area contributed by atoms with Gasteiger partial charge in [-0.3, -0.25) is 0 Å². The van der Waals surface area contributed by atoms with E-state index in [-0.39, 0.29) is 6.04 Å². The lowest BCUT2D eigenvalue weighted by atomic mass is 10.1. The monoisotopic (exact) mass is 272 g/mol. The number of aryl methyl sites for hydroxylation is 2. The second kappa shape index (κ2) is 5.62. The Morgan fingerprint density at radius 3 is 2.74 bits per heavy atom. The summed E-state index contributed by atoms with van der Waals surface area (Å²) >= 11 is 6.08. The Hall–Kier alpha value is -1.54. The van der Waals surface area contributed by atoms with Gasteiger partial charge in [-0.1, -0.05) is 36.4 Å². The van der Waals surface area contributed by atoms with Gasteiger partial charge in [0.15, 0.2) is 0 Å². The highest BCUT2D eigenvalue weighted by Gasteiger charge is 2.15. The number of alkyl halides is 1. The summed E-state index contributed by atoms with van der Waals surface area (Å²) in [5, 5.41) is 3.43. The van der Waals surface area contributed by atoms with Gasteiger partial charge in [0.1, 0.15) is 5.82 Å². The molecular weight excluding hydrogens is 256 g/mol. The van der Waals surface area contributed by atoms with Crippen LogP contribution in [0.2, 0.25) is 0 Å². The average molecular weight is 273 g/mol. The number of anilines is 1. The van der Waals surface area contributed by atoms with Crippen LogP contribution in [0.5, 0.6) is 0 Å². The summed E-state index contributed by atoms with van der Waals surface area (Å²) in [5.74, 6) is 1.46. The number of hydrogen-bond acceptors (Lipinski definition) is 2. The highest BCUT2D eigenvalue weighted by molar-refractivity contribution is 6.18. The van der Waals surface area contributed by atoms with E-state index in [9.17, 15) is 0 Å². The Balaban J connectivity index is 1.80. The standard InChI is InChI=1S/C16H17ClN2/c17-11-15(12-5-2-1-3-6-12)19-16-10-9-13-7-4-8-14(13)18-16/h1-3,5-6,9-10,15H,4,7-8,11H2,(H,18,19). The molecule has 0 amide bonds. The number of nitrogens with zero attached hydrogens (tertiary/aromatic N) is 1. The van der Waals surface area contributed by atoms with Gasteiger partial charge in [0, 0.05) is 11.6 Å². The summed E-state index contributed by atoms with van der Waals surface area (Å²) in [5.41, 5.74) is 3.83. The molecular formula is C16H17ClN2. The minimum absolute atomic E-state index is 0.106. The third-order valence-corrected chi connectivity index (χ3v) is 3.92. The molecule has 2 aromatic rings. The summed E-state index contributed by atoms with van der Waals surface area (Å²) in [6, 6.07) is 14.6. The first-order valence-corrected chi connectivity index (χ1v) is 7.26. The zero-order chi connectivity index (χ0) is 13.1. The average Bonchev–Trinajstić information content (AvgIpc) is 2.93. The molecule has 1 aliphatic rings. The van der Waals surface area contributed by atoms with Crippen LogP contribution in [0.4, 0.5) is 5.82 Å². The molecule has 1 aliphatic carbocycles. The summed E-state index contributed by atoms with van der Waals surface area (Å²) in [7, 11) is 0. The van der Waals surface area contributed by atoms with Crippen LogP contribution < -0.4 is 5.32 Å². The SMILES string of the molecule is ClCC(Nc1ccc2c(n1)CCC2)c1ccccc1. The molecule has 19 heavy (non-hydrogen) atoms. The highest BCUT2D eigenvalue weighted by Crippen LogP contribution is 2.24. The van der Waals surface area contributed by atoms with Crippen molar-refractivity contribution in [2.24, 2.45) is 0 Å². The third kappa shape index (κ3) is 2.74. The summed E-state index contributed by atoms with van der Waals surface area (Å²) < 4.78 is 0. The Kier molecular flexibility index (Phi) is 3.69. The predicted molar refractivity (Wildman–Crippen MR) is 79.8 cm³/mol. The maximum absolute atomic E-state index is 6.08. The van der Waals surface area contributed by atoms with Gasteiger partial charge >= 0.3 is 0 Å². The molecule has 1 N–H and O–H groups in total. The van der Waals surface area contributed by atoms with Crippen molar-refractivity contribution < 1.29 is 0 Å². The van der Waals surface area contributed by atoms with Crippen LogP contribution in [0.25, 0.3) is 0 Å². The molecule has 1 unspecified atom stereocenters. The van der Waals surface area contributed by atoms with Crippen LogP contribution in [0.3, 0.4) is 0 Å². The number of nitrogens with one attached hydrogen (secondary N) is 1. The largest absolute Gasteiger partial charge is 0.362 e. The van der Waals surface area contributed by atoms with Crippen LogP contribution in [0.1, 0.15) is 29.3 Å². The molecule has 1 atom stereocenters. The van der Waals surface area contributed by atoms with E-state index >= 15 is 0 Å². The quantitative estimate of drug-likeness (QED) is 0.852. The van der Waals surface area contributed by atoms with Crippen LogP contribution in [-0.2, 0) is 12.8 Å². The molecule has 2 nitrogen and oxygen atoms in total. The van der Waals surface area contributed by atoms with E-state index in [1.54, 1.807) is 0 Å². The highest BCUT2D eigenvalue weighted by atomic mass is 35.5. The van der Waals surface area contributed by atoms with E-state index in [1.807, 2.05) is 18.2 Å². The number of benzene rings is 1. The number of hydrogen-bond donors (Lipinski definition) is 1. The van der Waals surface area contributed by atoms with Crippen molar-refractivity contribution in [3.8, 4) is 0 Å². The zero-order valence-corrected chi connectivity index (χ0v) is 11.5. The van der Waals surface area contributed by atoms with Gasteiger partial charge in [-0.15, -0.1) is 11.6 Å². The van der Waals surface area contributed by atoms with E-state index in [1.165, 1.54) is 29.7 Å². The van der Waals surface area contributed by atoms with Gasteiger partial charge in [0.2, 0.25) is 0 Å². The molecule has 0 aliphatic heterocycles. The van der Waals surface area contributed by atoms with Crippen molar-refractivity contribution in [2.75, 3.05) is 11.2 Å². The van der Waals surface area contributed by atoms with E-state index in [0.29, 0.717) is 5.88 Å². The topological polar surface area (TPSA) is 24.9 Å². The molecule has 1 aromatic carbocycles. The Morgan fingerprint density at radius 1 is 1.11 bits per heavy atom. The van der Waals surface area contributed by atoms with Crippen molar-refractivity contribution >= 4 is 17.4 Å². The fourth-order valence-electron chi connectivity index (χ4n) is 2.58. The van der Waals surface area contributed by atoms with Crippen molar-refractivity contribution in [3.63, 3.8) is 0 Å². The van der Waals surface area contributed by atoms with Gasteiger partial charge in [0.05, 0.1) is 6.04 Å². The molecule has 0 saturated heterocycles. The van der Waals surface area contributed by atoms with E-state index in [0.717, 1.165) is 12.2 Å². The first-order valence-electron chi connectivity index (χ1n) is 6.73. The fraction of sp³-hybridized carbons (Fsp3) is 0.312. The summed E-state index contributed by atoms with van der Waals surface area (Å²) in [6.45, 7) is 0. The van der Waals surface area contributed by atoms with Crippen molar-refractivity contribution in [3.05, 3.63) is 59.3 Å². The normalized spacial score (nSPS) is 15.0. The van der Waals surface area contributed by atoms with Gasteiger partial charge in [-0.05, 0) is 36.5 Å². The molecule has 3 rings (SSSR count). The van der Waals surface area contributed by atoms with Crippen LogP contribution in [0.15, 0.2) is 42.5 Å². The number of pyridine rings is 1. The lowest BCUT2D eigenvalue weighted by Gasteiger charge is -2.17. The zero-order valence-electron chi connectivity index (χ0n) is 10.8. The van der Waals surface area contributed by atoms with Crippen LogP contribution in [-0.4, -0.2) is 10.9 Å². The van der Waals surface area contributed by atoms with Gasteiger partial charge in [-0.25, -0.2) is 4.98 Å². The molecule has 0 spiro atoms. The fourth-order valence-corrected chi connectivity index (χ4v) is 2.83. The summed E-state index contributed by atoms with van der Waals surface area (Å²) in [6.07, 6.45) is 3.49. The van der Waals surface area contributed by atoms with E-state index in [2.05, 4.69) is 29.6 Å². The van der Waals surface area contributed by atoms with Crippen LogP contribution in [0, 0.1) is 0 Å². The minimum atomic E-state index is 0.106. The molecule has 0 radical (unpaired) electrons. The molecule has 1 heterocycles. The first-order chi connectivity index (χ1) is 9.36. The lowest BCUT2D eigenvalue weighted by molar-refractivity contribution is 0.872. The van der Waals surface area contributed by atoms with E-state index < -0.39 is 0 Å². The molecule has 98 valence electrons. The molecule has 0 saturated carbocycles. The first kappa shape index (κ1) is 12.5. The van der Waals surface area contributed by atoms with E-state index in [4.69, 9.17) is 16.6 Å². The molecule has 0 bridgehead atoms. The Labute approximate surface area is 118 Å².